The number of rotatable bonds is 6. The van der Waals surface area contributed by atoms with Gasteiger partial charge in [-0.05, 0) is 55.3 Å². The number of aryl methyl sites for hydroxylation is 2. The highest BCUT2D eigenvalue weighted by Crippen LogP contribution is 2.24. The highest BCUT2D eigenvalue weighted by molar-refractivity contribution is 6.08. The van der Waals surface area contributed by atoms with Gasteiger partial charge in [0.15, 0.2) is 5.76 Å². The molecule has 2 amide bonds. The molecule has 0 atom stereocenters. The van der Waals surface area contributed by atoms with E-state index in [1.54, 1.807) is 38.1 Å². The lowest BCUT2D eigenvalue weighted by Gasteiger charge is -2.10. The number of carbonyl (C=O) groups excluding carboxylic acids is 4. The molecule has 3 rings (SSSR count). The summed E-state index contributed by atoms with van der Waals surface area (Å²) in [5, 5.41) is 5.17. The van der Waals surface area contributed by atoms with Crippen molar-refractivity contribution in [3.8, 4) is 0 Å². The Morgan fingerprint density at radius 1 is 0.788 bits per heavy atom. The third-order valence-electron chi connectivity index (χ3n) is 4.54. The molecular weight excluding hydrogens is 428 g/mol. The first-order valence-electron chi connectivity index (χ1n) is 9.45. The van der Waals surface area contributed by atoms with E-state index in [0.29, 0.717) is 22.5 Å². The van der Waals surface area contributed by atoms with Crippen molar-refractivity contribution in [3.63, 3.8) is 0 Å². The van der Waals surface area contributed by atoms with E-state index in [4.69, 9.17) is 4.42 Å². The van der Waals surface area contributed by atoms with E-state index in [2.05, 4.69) is 20.6 Å². The summed E-state index contributed by atoms with van der Waals surface area (Å²) in [6.45, 7) is 3.45. The molecule has 2 aromatic carbocycles. The zero-order valence-electron chi connectivity index (χ0n) is 17.5. The standard InChI is InChI=1S/C23H16N4O6/c1-13-3-5-16(24-11-28)9-18(13)26-22(31)15-7-20(33-21(30)8-15)23(32)27-19-10-17(25-12-29)6-4-14(19)2/h3-10H,1-2H3,(H,26,31)(H,27,32). The van der Waals surface area contributed by atoms with Gasteiger partial charge in [-0.1, -0.05) is 12.1 Å². The van der Waals surface area contributed by atoms with E-state index in [1.165, 1.54) is 24.3 Å². The number of aliphatic imine (C=N–C) groups is 2. The van der Waals surface area contributed by atoms with E-state index in [-0.39, 0.29) is 16.9 Å². The first-order chi connectivity index (χ1) is 15.8. The zero-order valence-corrected chi connectivity index (χ0v) is 17.5. The summed E-state index contributed by atoms with van der Waals surface area (Å²) in [5.41, 5.74) is 1.58. The lowest BCUT2D eigenvalue weighted by Crippen LogP contribution is -2.19. The fourth-order valence-electron chi connectivity index (χ4n) is 2.83. The average molecular weight is 444 g/mol. The molecule has 0 unspecified atom stereocenters. The summed E-state index contributed by atoms with van der Waals surface area (Å²) >= 11 is 0. The Bertz CT molecular complexity index is 1310. The number of hydrogen-bond donors (Lipinski definition) is 2. The Morgan fingerprint density at radius 3 is 1.82 bits per heavy atom. The first-order valence-corrected chi connectivity index (χ1v) is 9.45. The molecule has 2 N–H and O–H groups in total. The maximum atomic E-state index is 12.7. The van der Waals surface area contributed by atoms with Crippen molar-refractivity contribution < 1.29 is 23.6 Å². The number of anilines is 2. The fourth-order valence-corrected chi connectivity index (χ4v) is 2.83. The van der Waals surface area contributed by atoms with E-state index in [1.807, 2.05) is 0 Å². The van der Waals surface area contributed by atoms with E-state index in [0.717, 1.165) is 12.1 Å². The topological polar surface area (TPSA) is 147 Å². The van der Waals surface area contributed by atoms with Crippen molar-refractivity contribution in [2.45, 2.75) is 13.8 Å². The van der Waals surface area contributed by atoms with Gasteiger partial charge in [0.2, 0.25) is 12.2 Å². The van der Waals surface area contributed by atoms with E-state index >= 15 is 0 Å². The monoisotopic (exact) mass is 444 g/mol. The minimum absolute atomic E-state index is 0.115. The average Bonchev–Trinajstić information content (AvgIpc) is 2.78. The summed E-state index contributed by atoms with van der Waals surface area (Å²) in [6, 6.07) is 11.4. The van der Waals surface area contributed by atoms with Crippen molar-refractivity contribution >= 4 is 46.7 Å². The predicted molar refractivity (Wildman–Crippen MR) is 119 cm³/mol. The van der Waals surface area contributed by atoms with Gasteiger partial charge in [-0.3, -0.25) is 9.59 Å². The van der Waals surface area contributed by atoms with Crippen LogP contribution in [0, 0.1) is 13.8 Å². The van der Waals surface area contributed by atoms with Gasteiger partial charge in [0, 0.05) is 17.4 Å². The number of carbonyl (C=O) groups is 2. The number of nitrogens with zero attached hydrogens (tertiary/aromatic N) is 2. The third kappa shape index (κ3) is 5.62. The second-order valence-corrected chi connectivity index (χ2v) is 6.84. The molecule has 0 radical (unpaired) electrons. The summed E-state index contributed by atoms with van der Waals surface area (Å²) < 4.78 is 4.95. The Balaban J connectivity index is 1.87. The molecule has 0 saturated carbocycles. The number of nitrogens with one attached hydrogen (secondary N) is 2. The molecule has 0 aliphatic carbocycles. The van der Waals surface area contributed by atoms with Gasteiger partial charge in [0.1, 0.15) is 0 Å². The second kappa shape index (κ2) is 9.93. The summed E-state index contributed by atoms with van der Waals surface area (Å²) in [4.78, 5) is 65.3. The highest BCUT2D eigenvalue weighted by Gasteiger charge is 2.17. The van der Waals surface area contributed by atoms with Crippen LogP contribution in [0.2, 0.25) is 0 Å². The fraction of sp³-hybridized carbons (Fsp3) is 0.0870. The molecule has 0 fully saturated rings. The van der Waals surface area contributed by atoms with Crippen molar-refractivity contribution in [1.82, 2.24) is 0 Å². The molecule has 0 bridgehead atoms. The molecule has 10 heteroatoms. The smallest absolute Gasteiger partial charge is 0.337 e. The van der Waals surface area contributed by atoms with Crippen molar-refractivity contribution in [2.75, 3.05) is 10.6 Å². The molecule has 0 aliphatic heterocycles. The molecule has 1 aromatic heterocycles. The Morgan fingerprint density at radius 2 is 1.30 bits per heavy atom. The van der Waals surface area contributed by atoms with Crippen molar-refractivity contribution in [3.05, 3.63) is 81.4 Å². The van der Waals surface area contributed by atoms with Crippen molar-refractivity contribution in [2.24, 2.45) is 9.98 Å². The van der Waals surface area contributed by atoms with Crippen LogP contribution in [0.15, 0.2) is 67.7 Å². The van der Waals surface area contributed by atoms with Gasteiger partial charge < -0.3 is 15.1 Å². The number of benzene rings is 2. The van der Waals surface area contributed by atoms with Gasteiger partial charge in [-0.15, -0.1) is 0 Å². The maximum Gasteiger partial charge on any atom is 0.337 e. The lowest BCUT2D eigenvalue weighted by atomic mass is 10.1. The Kier molecular flexibility index (Phi) is 6.85. The highest BCUT2D eigenvalue weighted by atomic mass is 16.4. The summed E-state index contributed by atoms with van der Waals surface area (Å²) in [6.07, 6.45) is 2.83. The van der Waals surface area contributed by atoms with Gasteiger partial charge >= 0.3 is 5.63 Å². The van der Waals surface area contributed by atoms with Crippen LogP contribution in [-0.2, 0) is 9.59 Å². The summed E-state index contributed by atoms with van der Waals surface area (Å²) in [5.74, 6) is -1.85. The van der Waals surface area contributed by atoms with Crippen LogP contribution >= 0.6 is 0 Å². The molecule has 3 aromatic rings. The zero-order chi connectivity index (χ0) is 24.0. The van der Waals surface area contributed by atoms with Crippen LogP contribution in [-0.4, -0.2) is 24.0 Å². The van der Waals surface area contributed by atoms with E-state index in [9.17, 15) is 24.0 Å². The Labute approximate surface area is 186 Å². The molecular formula is C23H16N4O6. The van der Waals surface area contributed by atoms with Gasteiger partial charge in [-0.2, -0.15) is 9.98 Å². The van der Waals surface area contributed by atoms with Crippen LogP contribution in [0.5, 0.6) is 0 Å². The molecule has 33 heavy (non-hydrogen) atoms. The second-order valence-electron chi connectivity index (χ2n) is 6.84. The Hall–Kier alpha value is -4.91. The molecule has 1 heterocycles. The van der Waals surface area contributed by atoms with Gasteiger partial charge in [0.05, 0.1) is 16.9 Å². The molecule has 0 aliphatic rings. The van der Waals surface area contributed by atoms with Crippen LogP contribution < -0.4 is 16.3 Å². The molecule has 10 nitrogen and oxygen atoms in total. The minimum atomic E-state index is -0.903. The largest absolute Gasteiger partial charge is 0.417 e. The van der Waals surface area contributed by atoms with E-state index < -0.39 is 23.2 Å². The van der Waals surface area contributed by atoms with Crippen LogP contribution in [0.4, 0.5) is 22.7 Å². The SMILES string of the molecule is Cc1ccc(N=C=O)cc1NC(=O)c1cc(C(=O)Nc2cc(N=C=O)ccc2C)oc(=O)c1. The maximum absolute atomic E-state index is 12.7. The van der Waals surface area contributed by atoms with Gasteiger partial charge in [0.25, 0.3) is 11.8 Å². The van der Waals surface area contributed by atoms with Gasteiger partial charge in [-0.25, -0.2) is 14.4 Å². The quantitative estimate of drug-likeness (QED) is 0.438. The first kappa shape index (κ1) is 22.8. The normalized spacial score (nSPS) is 9.88. The molecule has 0 saturated heterocycles. The summed E-state index contributed by atoms with van der Waals surface area (Å²) in [7, 11) is 0. The van der Waals surface area contributed by atoms with Crippen LogP contribution in [0.25, 0.3) is 0 Å². The third-order valence-corrected chi connectivity index (χ3v) is 4.54. The van der Waals surface area contributed by atoms with Crippen molar-refractivity contribution in [1.29, 1.82) is 0 Å². The van der Waals surface area contributed by atoms with Crippen LogP contribution in [0.1, 0.15) is 32.0 Å². The van der Waals surface area contributed by atoms with Crippen LogP contribution in [0.3, 0.4) is 0 Å². The number of isocyanates is 2. The number of amides is 2. The minimum Gasteiger partial charge on any atom is -0.417 e. The number of hydrogen-bond acceptors (Lipinski definition) is 8. The predicted octanol–water partition coefficient (Wildman–Crippen LogP) is 3.70. The molecule has 0 spiro atoms. The lowest BCUT2D eigenvalue weighted by molar-refractivity contribution is 0.0991. The molecule has 164 valence electrons.